The molecule has 1 aromatic carbocycles. The minimum absolute atomic E-state index is 0.0140. The number of methoxy groups -OCH3 is 1. The van der Waals surface area contributed by atoms with Crippen molar-refractivity contribution in [3.63, 3.8) is 0 Å². The van der Waals surface area contributed by atoms with E-state index in [9.17, 15) is 15.0 Å². The van der Waals surface area contributed by atoms with Crippen molar-refractivity contribution in [1.82, 2.24) is 0 Å². The summed E-state index contributed by atoms with van der Waals surface area (Å²) in [4.78, 5) is 12.0. The van der Waals surface area contributed by atoms with Crippen LogP contribution in [0.15, 0.2) is 18.2 Å². The smallest absolute Gasteiger partial charge is 0.338 e. The number of carbonyl (C=O) groups is 1. The Labute approximate surface area is 111 Å². The van der Waals surface area contributed by atoms with E-state index in [1.165, 1.54) is 25.3 Å². The second kappa shape index (κ2) is 5.93. The van der Waals surface area contributed by atoms with Crippen LogP contribution in [0.5, 0.6) is 11.5 Å². The van der Waals surface area contributed by atoms with E-state index >= 15 is 0 Å². The van der Waals surface area contributed by atoms with Crippen LogP contribution in [0.3, 0.4) is 0 Å². The quantitative estimate of drug-likeness (QED) is 0.817. The lowest BCUT2D eigenvalue weighted by Gasteiger charge is -2.25. The lowest BCUT2D eigenvalue weighted by Crippen LogP contribution is -2.26. The molecule has 104 valence electrons. The molecule has 0 unspecified atom stereocenters. The van der Waals surface area contributed by atoms with E-state index in [-0.39, 0.29) is 23.7 Å². The van der Waals surface area contributed by atoms with Crippen LogP contribution in [0, 0.1) is 0 Å². The molecule has 0 atom stereocenters. The molecule has 5 heteroatoms. The topological polar surface area (TPSA) is 76.0 Å². The van der Waals surface area contributed by atoms with E-state index in [1.807, 2.05) is 0 Å². The maximum Gasteiger partial charge on any atom is 0.338 e. The lowest BCUT2D eigenvalue weighted by atomic mass is 9.95. The van der Waals surface area contributed by atoms with Gasteiger partial charge in [0.15, 0.2) is 11.5 Å². The van der Waals surface area contributed by atoms with Crippen molar-refractivity contribution in [2.24, 2.45) is 0 Å². The Morgan fingerprint density at radius 1 is 1.26 bits per heavy atom. The number of phenolic OH excluding ortho intramolecular Hbond substituents is 1. The molecule has 0 radical (unpaired) electrons. The SMILES string of the molecule is COc1cc(C(=O)O[C@H]2CC[C@H](O)CC2)ccc1O. The molecule has 0 spiro atoms. The van der Waals surface area contributed by atoms with Crippen molar-refractivity contribution in [2.75, 3.05) is 7.11 Å². The fraction of sp³-hybridized carbons (Fsp3) is 0.500. The minimum Gasteiger partial charge on any atom is -0.504 e. The summed E-state index contributed by atoms with van der Waals surface area (Å²) >= 11 is 0. The highest BCUT2D eigenvalue weighted by Crippen LogP contribution is 2.27. The van der Waals surface area contributed by atoms with E-state index in [2.05, 4.69) is 0 Å². The Bertz CT molecular complexity index is 449. The van der Waals surface area contributed by atoms with Gasteiger partial charge in [0.05, 0.1) is 18.8 Å². The number of esters is 1. The molecular formula is C14H18O5. The number of rotatable bonds is 3. The standard InChI is InChI=1S/C14H18O5/c1-18-13-8-9(2-7-12(13)16)14(17)19-11-5-3-10(15)4-6-11/h2,7-8,10-11,15-16H,3-6H2,1H3/t10-,11-. The first-order valence-electron chi connectivity index (χ1n) is 6.36. The van der Waals surface area contributed by atoms with E-state index in [0.29, 0.717) is 31.2 Å². The summed E-state index contributed by atoms with van der Waals surface area (Å²) < 4.78 is 10.3. The van der Waals surface area contributed by atoms with Gasteiger partial charge >= 0.3 is 5.97 Å². The molecule has 0 amide bonds. The zero-order chi connectivity index (χ0) is 13.8. The first-order valence-corrected chi connectivity index (χ1v) is 6.36. The van der Waals surface area contributed by atoms with Crippen LogP contribution >= 0.6 is 0 Å². The normalized spacial score (nSPS) is 22.8. The van der Waals surface area contributed by atoms with Crippen molar-refractivity contribution in [1.29, 1.82) is 0 Å². The molecule has 0 bridgehead atoms. The van der Waals surface area contributed by atoms with E-state index < -0.39 is 5.97 Å². The number of carbonyl (C=O) groups excluding carboxylic acids is 1. The second-order valence-corrected chi connectivity index (χ2v) is 4.72. The van der Waals surface area contributed by atoms with Crippen LogP contribution < -0.4 is 4.74 Å². The molecule has 1 fully saturated rings. The number of aromatic hydroxyl groups is 1. The Kier molecular flexibility index (Phi) is 4.27. The van der Waals surface area contributed by atoms with Crippen molar-refractivity contribution in [2.45, 2.75) is 37.9 Å². The largest absolute Gasteiger partial charge is 0.504 e. The summed E-state index contributed by atoms with van der Waals surface area (Å²) in [5, 5.41) is 18.9. The van der Waals surface area contributed by atoms with Crippen molar-refractivity contribution >= 4 is 5.97 Å². The average molecular weight is 266 g/mol. The maximum atomic E-state index is 12.0. The van der Waals surface area contributed by atoms with E-state index in [4.69, 9.17) is 9.47 Å². The summed E-state index contributed by atoms with van der Waals surface area (Å²) in [6.45, 7) is 0. The Morgan fingerprint density at radius 2 is 1.95 bits per heavy atom. The molecule has 5 nitrogen and oxygen atoms in total. The predicted molar refractivity (Wildman–Crippen MR) is 68.3 cm³/mol. The highest BCUT2D eigenvalue weighted by Gasteiger charge is 2.23. The van der Waals surface area contributed by atoms with Crippen molar-refractivity contribution < 1.29 is 24.5 Å². The third-order valence-electron chi connectivity index (χ3n) is 3.33. The van der Waals surface area contributed by atoms with Crippen molar-refractivity contribution in [3.05, 3.63) is 23.8 Å². The third-order valence-corrected chi connectivity index (χ3v) is 3.33. The number of phenols is 1. The molecule has 2 N–H and O–H groups in total. The number of aliphatic hydroxyl groups is 1. The highest BCUT2D eigenvalue weighted by atomic mass is 16.5. The van der Waals surface area contributed by atoms with Gasteiger partial charge in [-0.1, -0.05) is 0 Å². The highest BCUT2D eigenvalue weighted by molar-refractivity contribution is 5.90. The molecule has 0 aliphatic heterocycles. The Balaban J connectivity index is 2.00. The molecule has 1 saturated carbocycles. The molecule has 0 heterocycles. The zero-order valence-electron chi connectivity index (χ0n) is 10.8. The summed E-state index contributed by atoms with van der Waals surface area (Å²) in [6.07, 6.45) is 2.28. The molecule has 1 aliphatic carbocycles. The van der Waals surface area contributed by atoms with Crippen molar-refractivity contribution in [3.8, 4) is 11.5 Å². The van der Waals surface area contributed by atoms with Crippen LogP contribution in [-0.2, 0) is 4.74 Å². The van der Waals surface area contributed by atoms with Gasteiger partial charge < -0.3 is 19.7 Å². The van der Waals surface area contributed by atoms with Gasteiger partial charge in [0, 0.05) is 0 Å². The van der Waals surface area contributed by atoms with Crippen LogP contribution in [0.1, 0.15) is 36.0 Å². The average Bonchev–Trinajstić information content (AvgIpc) is 2.42. The minimum atomic E-state index is -0.431. The van der Waals surface area contributed by atoms with Gasteiger partial charge in [0.2, 0.25) is 0 Å². The third kappa shape index (κ3) is 3.38. The predicted octanol–water partition coefficient (Wildman–Crippen LogP) is 1.86. The van der Waals surface area contributed by atoms with Gasteiger partial charge in [-0.3, -0.25) is 0 Å². The summed E-state index contributed by atoms with van der Waals surface area (Å²) in [5.41, 5.74) is 0.348. The molecule has 1 aromatic rings. The molecule has 0 aromatic heterocycles. The lowest BCUT2D eigenvalue weighted by molar-refractivity contribution is 0.00457. The second-order valence-electron chi connectivity index (χ2n) is 4.72. The monoisotopic (exact) mass is 266 g/mol. The van der Waals surface area contributed by atoms with Crippen LogP contribution in [0.2, 0.25) is 0 Å². The van der Waals surface area contributed by atoms with Gasteiger partial charge in [-0.15, -0.1) is 0 Å². The number of benzene rings is 1. The van der Waals surface area contributed by atoms with Crippen LogP contribution in [0.25, 0.3) is 0 Å². The molecule has 0 saturated heterocycles. The fourth-order valence-electron chi connectivity index (χ4n) is 2.19. The number of hydrogen-bond acceptors (Lipinski definition) is 5. The Morgan fingerprint density at radius 3 is 2.58 bits per heavy atom. The van der Waals surface area contributed by atoms with Gasteiger partial charge in [0.25, 0.3) is 0 Å². The number of ether oxygens (including phenoxy) is 2. The first-order chi connectivity index (χ1) is 9.10. The van der Waals surface area contributed by atoms with Gasteiger partial charge in [-0.25, -0.2) is 4.79 Å². The maximum absolute atomic E-state index is 12.0. The fourth-order valence-corrected chi connectivity index (χ4v) is 2.19. The summed E-state index contributed by atoms with van der Waals surface area (Å²) in [5.74, 6) is -0.201. The zero-order valence-corrected chi connectivity index (χ0v) is 10.8. The number of aliphatic hydroxyl groups excluding tert-OH is 1. The summed E-state index contributed by atoms with van der Waals surface area (Å²) in [7, 11) is 1.42. The van der Waals surface area contributed by atoms with E-state index in [1.54, 1.807) is 0 Å². The summed E-state index contributed by atoms with van der Waals surface area (Å²) in [6, 6.07) is 4.35. The number of hydrogen-bond donors (Lipinski definition) is 2. The van der Waals surface area contributed by atoms with E-state index in [0.717, 1.165) is 0 Å². The van der Waals surface area contributed by atoms with Crippen LogP contribution in [0.4, 0.5) is 0 Å². The molecular weight excluding hydrogens is 248 g/mol. The van der Waals surface area contributed by atoms with Gasteiger partial charge in [-0.05, 0) is 43.9 Å². The Hall–Kier alpha value is -1.75. The molecule has 19 heavy (non-hydrogen) atoms. The molecule has 2 rings (SSSR count). The van der Waals surface area contributed by atoms with Gasteiger partial charge in [-0.2, -0.15) is 0 Å². The van der Waals surface area contributed by atoms with Gasteiger partial charge in [0.1, 0.15) is 6.10 Å². The first kappa shape index (κ1) is 13.7. The van der Waals surface area contributed by atoms with Crippen LogP contribution in [-0.4, -0.2) is 35.5 Å². The molecule has 1 aliphatic rings.